The average molecular weight is 143 g/mol. The summed E-state index contributed by atoms with van der Waals surface area (Å²) >= 11 is 4.54. The van der Waals surface area contributed by atoms with Crippen LogP contribution in [0.4, 0.5) is 0 Å². The van der Waals surface area contributed by atoms with Gasteiger partial charge in [0.15, 0.2) is 0 Å². The summed E-state index contributed by atoms with van der Waals surface area (Å²) in [5.74, 6) is 0. The lowest BCUT2D eigenvalue weighted by atomic mass is 11.8. The number of hydrogen-bond acceptors (Lipinski definition) is 3. The second kappa shape index (κ2) is 4.04. The molecule has 0 aromatic carbocycles. The molecule has 0 amide bonds. The smallest absolute Gasteiger partial charge is 0.145 e. The Kier molecular flexibility index (Phi) is 4.63. The maximum absolute atomic E-state index is 4.54. The van der Waals surface area contributed by atoms with Crippen LogP contribution in [0.5, 0.6) is 0 Å². The van der Waals surface area contributed by atoms with Crippen LogP contribution in [0.25, 0.3) is 0 Å². The van der Waals surface area contributed by atoms with E-state index in [9.17, 15) is 0 Å². The van der Waals surface area contributed by atoms with Gasteiger partial charge in [-0.2, -0.15) is 0 Å². The van der Waals surface area contributed by atoms with Crippen molar-refractivity contribution in [2.75, 3.05) is 7.11 Å². The van der Waals surface area contributed by atoms with Crippen LogP contribution in [0.2, 0.25) is 0 Å². The van der Waals surface area contributed by atoms with E-state index in [-0.39, 0.29) is 0 Å². The largest absolute Gasteiger partial charge is 0.524 e. The lowest BCUT2D eigenvalue weighted by Crippen LogP contribution is -1.59. The van der Waals surface area contributed by atoms with Gasteiger partial charge in [0.1, 0.15) is 0 Å². The van der Waals surface area contributed by atoms with Crippen molar-refractivity contribution in [2.24, 2.45) is 0 Å². The molecule has 2 nitrogen and oxygen atoms in total. The van der Waals surface area contributed by atoms with Crippen molar-refractivity contribution in [2.45, 2.75) is 0 Å². The predicted octanol–water partition coefficient (Wildman–Crippen LogP) is 1.21. The molecule has 0 heterocycles. The lowest BCUT2D eigenvalue weighted by molar-refractivity contribution is 0.429. The summed E-state index contributed by atoms with van der Waals surface area (Å²) in [5, 5.41) is 0. The summed E-state index contributed by atoms with van der Waals surface area (Å²) in [4.78, 5) is 0. The summed E-state index contributed by atoms with van der Waals surface area (Å²) in [5.41, 5.74) is 0. The summed E-state index contributed by atoms with van der Waals surface area (Å²) in [7, 11) is 2.53. The van der Waals surface area contributed by atoms with Gasteiger partial charge >= 0.3 is 7.15 Å². The third-order valence-corrected chi connectivity index (χ3v) is 2.44. The molecule has 6 heavy (non-hydrogen) atoms. The van der Waals surface area contributed by atoms with E-state index < -0.39 is 7.15 Å². The van der Waals surface area contributed by atoms with Gasteiger partial charge in [-0.25, -0.2) is 0 Å². The van der Waals surface area contributed by atoms with E-state index in [1.54, 1.807) is 0 Å². The molecule has 0 rings (SSSR count). The molecule has 0 aliphatic carbocycles. The van der Waals surface area contributed by atoms with E-state index in [1.807, 2.05) is 9.47 Å². The molecule has 0 spiro atoms. The fraction of sp³-hybridized carbons (Fsp3) is 1.00. The lowest BCUT2D eigenvalue weighted by Gasteiger charge is -1.71. The summed E-state index contributed by atoms with van der Waals surface area (Å²) in [6, 6.07) is 0. The van der Waals surface area contributed by atoms with Gasteiger partial charge in [-0.3, -0.25) is 0 Å². The van der Waals surface area contributed by atoms with E-state index in [2.05, 4.69) is 20.6 Å². The molecule has 2 atom stereocenters. The van der Waals surface area contributed by atoms with Gasteiger partial charge < -0.3 is 0 Å². The zero-order chi connectivity index (χ0) is 4.99. The molecular formula is CH5O2P2S+. The monoisotopic (exact) mass is 143 g/mol. The molecule has 36 valence electrons. The van der Waals surface area contributed by atoms with E-state index in [1.165, 1.54) is 7.11 Å². The van der Waals surface area contributed by atoms with Crippen LogP contribution in [-0.4, -0.2) is 7.11 Å². The Labute approximate surface area is 45.1 Å². The van der Waals surface area contributed by atoms with E-state index >= 15 is 0 Å². The second-order valence-electron chi connectivity index (χ2n) is 0.512. The minimum Gasteiger partial charge on any atom is -0.145 e. The first-order valence-corrected chi connectivity index (χ1v) is 3.85. The fourth-order valence-electron chi connectivity index (χ4n) is 0.0430. The van der Waals surface area contributed by atoms with Crippen LogP contribution in [0.1, 0.15) is 0 Å². The Morgan fingerprint density at radius 1 is 1.83 bits per heavy atom. The van der Waals surface area contributed by atoms with Crippen LogP contribution >= 0.6 is 16.6 Å². The Morgan fingerprint density at radius 3 is 2.33 bits per heavy atom. The Hall–Kier alpha value is 0.870. The molecule has 0 fully saturated rings. The highest BCUT2D eigenvalue weighted by atomic mass is 32.4. The molecule has 0 saturated heterocycles. The Balaban J connectivity index is 2.99. The van der Waals surface area contributed by atoms with Crippen molar-refractivity contribution in [1.29, 1.82) is 0 Å². The van der Waals surface area contributed by atoms with Crippen LogP contribution in [0.3, 0.4) is 0 Å². The maximum atomic E-state index is 4.54. The molecule has 5 heteroatoms. The highest BCUT2D eigenvalue weighted by molar-refractivity contribution is 8.01. The second-order valence-corrected chi connectivity index (χ2v) is 3.06. The quantitative estimate of drug-likeness (QED) is 0.541. The Morgan fingerprint density at radius 2 is 2.33 bits per heavy atom. The maximum Gasteiger partial charge on any atom is 0.524 e. The van der Waals surface area contributed by atoms with Crippen molar-refractivity contribution >= 4 is 28.4 Å². The van der Waals surface area contributed by atoms with Crippen LogP contribution < -0.4 is 0 Å². The van der Waals surface area contributed by atoms with Gasteiger partial charge in [0.25, 0.3) is 0 Å². The topological polar surface area (TPSA) is 18.5 Å². The number of hydrogen-bond donors (Lipinski definition) is 0. The van der Waals surface area contributed by atoms with Gasteiger partial charge in [0.2, 0.25) is 11.8 Å². The normalized spacial score (nSPS) is 11.3. The van der Waals surface area contributed by atoms with Crippen molar-refractivity contribution in [1.82, 2.24) is 0 Å². The minimum atomic E-state index is -1.03. The minimum absolute atomic E-state index is 1.03. The first-order valence-electron chi connectivity index (χ1n) is 1.19. The number of rotatable bonds is 2. The standard InChI is InChI=1S/CH5O2P2S/c1-2-5(6)3-4/h4H2,1H3/q+1. The van der Waals surface area contributed by atoms with Crippen LogP contribution in [0.15, 0.2) is 0 Å². The third kappa shape index (κ3) is 3.08. The van der Waals surface area contributed by atoms with Gasteiger partial charge in [-0.15, -0.1) is 8.83 Å². The summed E-state index contributed by atoms with van der Waals surface area (Å²) < 4.78 is 9.01. The zero-order valence-electron chi connectivity index (χ0n) is 3.25. The molecule has 0 aliphatic rings. The molecule has 0 aliphatic heterocycles. The van der Waals surface area contributed by atoms with E-state index in [4.69, 9.17) is 0 Å². The van der Waals surface area contributed by atoms with Gasteiger partial charge in [-0.05, 0) is 0 Å². The van der Waals surface area contributed by atoms with Crippen LogP contribution in [-0.2, 0) is 20.6 Å². The SMILES string of the molecule is CO[P+](=S)OP. The molecule has 0 aromatic rings. The van der Waals surface area contributed by atoms with Gasteiger partial charge in [-0.1, -0.05) is 0 Å². The molecular weight excluding hydrogens is 138 g/mol. The third-order valence-electron chi connectivity index (χ3n) is 0.235. The summed E-state index contributed by atoms with van der Waals surface area (Å²) in [6.45, 7) is 0. The molecule has 2 unspecified atom stereocenters. The van der Waals surface area contributed by atoms with Crippen LogP contribution in [0, 0.1) is 0 Å². The fourth-order valence-corrected chi connectivity index (χ4v) is 0.387. The molecule has 0 saturated carbocycles. The first kappa shape index (κ1) is 6.87. The molecule has 0 radical (unpaired) electrons. The van der Waals surface area contributed by atoms with Crippen molar-refractivity contribution in [3.05, 3.63) is 0 Å². The van der Waals surface area contributed by atoms with Crippen molar-refractivity contribution < 1.29 is 8.83 Å². The average Bonchev–Trinajstić information content (AvgIpc) is 1.65. The highest BCUT2D eigenvalue weighted by Crippen LogP contribution is 2.24. The van der Waals surface area contributed by atoms with Gasteiger partial charge in [0, 0.05) is 0 Å². The van der Waals surface area contributed by atoms with E-state index in [0.29, 0.717) is 0 Å². The summed E-state index contributed by atoms with van der Waals surface area (Å²) in [6.07, 6.45) is 0. The van der Waals surface area contributed by atoms with Crippen molar-refractivity contribution in [3.8, 4) is 0 Å². The van der Waals surface area contributed by atoms with Crippen molar-refractivity contribution in [3.63, 3.8) is 0 Å². The molecule has 0 aromatic heterocycles. The van der Waals surface area contributed by atoms with Gasteiger partial charge in [0.05, 0.1) is 16.6 Å². The zero-order valence-corrected chi connectivity index (χ0v) is 6.11. The predicted molar refractivity (Wildman–Crippen MR) is 32.1 cm³/mol. The molecule has 0 N–H and O–H groups in total. The van der Waals surface area contributed by atoms with E-state index in [0.717, 1.165) is 0 Å². The molecule has 0 bridgehead atoms. The Bertz CT molecular complexity index is 49.5. The highest BCUT2D eigenvalue weighted by Gasteiger charge is 2.02. The first-order chi connectivity index (χ1) is 2.81.